The Hall–Kier alpha value is -2.89. The predicted octanol–water partition coefficient (Wildman–Crippen LogP) is 2.97. The maximum absolute atomic E-state index is 12.0. The van der Waals surface area contributed by atoms with Crippen molar-refractivity contribution in [2.75, 3.05) is 5.43 Å². The number of nitrogens with one attached hydrogen (secondary N) is 2. The normalized spacial score (nSPS) is 10.0. The van der Waals surface area contributed by atoms with Crippen molar-refractivity contribution in [3.05, 3.63) is 69.3 Å². The van der Waals surface area contributed by atoms with E-state index in [0.29, 0.717) is 5.56 Å². The van der Waals surface area contributed by atoms with Crippen LogP contribution in [0, 0.1) is 24.0 Å². The number of non-ortho nitro benzene ring substituents is 1. The summed E-state index contributed by atoms with van der Waals surface area (Å²) in [5.74, 6) is -0.354. The topological polar surface area (TPSA) is 84.3 Å². The number of anilines is 1. The van der Waals surface area contributed by atoms with Crippen molar-refractivity contribution in [1.82, 2.24) is 5.43 Å². The average molecular weight is 285 g/mol. The van der Waals surface area contributed by atoms with E-state index in [2.05, 4.69) is 10.9 Å². The predicted molar refractivity (Wildman–Crippen MR) is 80.1 cm³/mol. The summed E-state index contributed by atoms with van der Waals surface area (Å²) in [6.45, 7) is 3.88. The highest BCUT2D eigenvalue weighted by atomic mass is 16.6. The number of carbonyl (C=O) groups excluding carboxylic acids is 1. The highest BCUT2D eigenvalue weighted by Crippen LogP contribution is 2.18. The Balaban J connectivity index is 2.06. The zero-order chi connectivity index (χ0) is 15.4. The summed E-state index contributed by atoms with van der Waals surface area (Å²) >= 11 is 0. The molecule has 0 bridgehead atoms. The van der Waals surface area contributed by atoms with Crippen molar-refractivity contribution in [1.29, 1.82) is 0 Å². The van der Waals surface area contributed by atoms with Gasteiger partial charge in [-0.2, -0.15) is 0 Å². The van der Waals surface area contributed by atoms with Crippen molar-refractivity contribution in [2.24, 2.45) is 0 Å². The van der Waals surface area contributed by atoms with Crippen molar-refractivity contribution < 1.29 is 9.72 Å². The molecule has 2 aromatic carbocycles. The lowest BCUT2D eigenvalue weighted by atomic mass is 10.1. The number of nitro groups is 1. The summed E-state index contributed by atoms with van der Waals surface area (Å²) in [5, 5.41) is 10.6. The SMILES string of the molecule is Cc1cccc(C)c1NNC(=O)c1ccc([N+](=O)[O-])cc1. The zero-order valence-corrected chi connectivity index (χ0v) is 11.7. The third kappa shape index (κ3) is 3.36. The van der Waals surface area contributed by atoms with Gasteiger partial charge >= 0.3 is 0 Å². The average Bonchev–Trinajstić information content (AvgIpc) is 2.46. The molecule has 0 atom stereocenters. The quantitative estimate of drug-likeness (QED) is 0.668. The summed E-state index contributed by atoms with van der Waals surface area (Å²) in [6, 6.07) is 11.2. The molecule has 0 saturated carbocycles. The van der Waals surface area contributed by atoms with Crippen LogP contribution in [0.3, 0.4) is 0 Å². The van der Waals surface area contributed by atoms with Gasteiger partial charge in [0.15, 0.2) is 0 Å². The molecule has 6 heteroatoms. The smallest absolute Gasteiger partial charge is 0.269 e. The maximum atomic E-state index is 12.0. The number of nitro benzene ring substituents is 1. The second kappa shape index (κ2) is 6.04. The minimum Gasteiger partial charge on any atom is -0.298 e. The Labute approximate surface area is 121 Å². The standard InChI is InChI=1S/C15H15N3O3/c1-10-4-3-5-11(2)14(10)16-17-15(19)12-6-8-13(9-7-12)18(20)21/h3-9,16H,1-2H3,(H,17,19). The Kier molecular flexibility index (Phi) is 4.18. The number of nitrogens with zero attached hydrogens (tertiary/aromatic N) is 1. The summed E-state index contributed by atoms with van der Waals surface area (Å²) in [5.41, 5.74) is 8.64. The second-order valence-electron chi connectivity index (χ2n) is 4.65. The molecule has 21 heavy (non-hydrogen) atoms. The number of hydrogen-bond acceptors (Lipinski definition) is 4. The minimum atomic E-state index is -0.503. The monoisotopic (exact) mass is 285 g/mol. The second-order valence-corrected chi connectivity index (χ2v) is 4.65. The van der Waals surface area contributed by atoms with Gasteiger partial charge in [0.25, 0.3) is 11.6 Å². The first kappa shape index (κ1) is 14.5. The number of carbonyl (C=O) groups is 1. The van der Waals surface area contributed by atoms with Gasteiger partial charge in [0.05, 0.1) is 10.6 Å². The number of hydrogen-bond donors (Lipinski definition) is 2. The molecule has 6 nitrogen and oxygen atoms in total. The van der Waals surface area contributed by atoms with E-state index in [-0.39, 0.29) is 11.6 Å². The van der Waals surface area contributed by atoms with Crippen molar-refractivity contribution in [2.45, 2.75) is 13.8 Å². The first-order valence-electron chi connectivity index (χ1n) is 6.36. The van der Waals surface area contributed by atoms with Crippen molar-refractivity contribution in [3.63, 3.8) is 0 Å². The molecule has 0 unspecified atom stereocenters. The summed E-state index contributed by atoms with van der Waals surface area (Å²) in [7, 11) is 0. The van der Waals surface area contributed by atoms with Crippen LogP contribution in [0.1, 0.15) is 21.5 Å². The molecule has 0 saturated heterocycles. The van der Waals surface area contributed by atoms with Crippen LogP contribution in [0.5, 0.6) is 0 Å². The van der Waals surface area contributed by atoms with Crippen LogP contribution >= 0.6 is 0 Å². The van der Waals surface area contributed by atoms with Gasteiger partial charge < -0.3 is 0 Å². The number of para-hydroxylation sites is 1. The Morgan fingerprint density at radius 1 is 1.05 bits per heavy atom. The molecule has 0 heterocycles. The molecule has 0 radical (unpaired) electrons. The number of hydrazine groups is 1. The first-order valence-corrected chi connectivity index (χ1v) is 6.36. The van der Waals surface area contributed by atoms with Crippen LogP contribution in [0.2, 0.25) is 0 Å². The molecule has 0 fully saturated rings. The van der Waals surface area contributed by atoms with E-state index in [1.54, 1.807) is 0 Å². The van der Waals surface area contributed by atoms with E-state index in [1.807, 2.05) is 32.0 Å². The van der Waals surface area contributed by atoms with Gasteiger partial charge in [-0.25, -0.2) is 0 Å². The number of amides is 1. The molecule has 2 N–H and O–H groups in total. The molecule has 0 aliphatic carbocycles. The largest absolute Gasteiger partial charge is 0.298 e. The van der Waals surface area contributed by atoms with Gasteiger partial charge in [0.2, 0.25) is 0 Å². The summed E-state index contributed by atoms with van der Waals surface area (Å²) < 4.78 is 0. The van der Waals surface area contributed by atoms with E-state index >= 15 is 0 Å². The van der Waals surface area contributed by atoms with Gasteiger partial charge in [-0.3, -0.25) is 25.8 Å². The number of benzene rings is 2. The highest BCUT2D eigenvalue weighted by molar-refractivity contribution is 5.95. The fraction of sp³-hybridized carbons (Fsp3) is 0.133. The molecular weight excluding hydrogens is 270 g/mol. The lowest BCUT2D eigenvalue weighted by Crippen LogP contribution is -2.30. The van der Waals surface area contributed by atoms with Gasteiger partial charge in [0.1, 0.15) is 0 Å². The third-order valence-corrected chi connectivity index (χ3v) is 3.12. The van der Waals surface area contributed by atoms with Gasteiger partial charge in [-0.1, -0.05) is 18.2 Å². The number of aryl methyl sites for hydroxylation is 2. The Morgan fingerprint density at radius 3 is 2.14 bits per heavy atom. The summed E-state index contributed by atoms with van der Waals surface area (Å²) in [6.07, 6.45) is 0. The molecule has 108 valence electrons. The van der Waals surface area contributed by atoms with Gasteiger partial charge in [-0.15, -0.1) is 0 Å². The molecule has 0 aliphatic rings. The van der Waals surface area contributed by atoms with Crippen LogP contribution in [0.25, 0.3) is 0 Å². The molecule has 2 aromatic rings. The summed E-state index contributed by atoms with van der Waals surface area (Å²) in [4.78, 5) is 22.0. The maximum Gasteiger partial charge on any atom is 0.269 e. The Morgan fingerprint density at radius 2 is 1.62 bits per heavy atom. The van der Waals surface area contributed by atoms with Crippen molar-refractivity contribution in [3.8, 4) is 0 Å². The molecule has 0 aromatic heterocycles. The highest BCUT2D eigenvalue weighted by Gasteiger charge is 2.10. The van der Waals surface area contributed by atoms with Crippen LogP contribution in [0.4, 0.5) is 11.4 Å². The fourth-order valence-electron chi connectivity index (χ4n) is 1.94. The molecular formula is C15H15N3O3. The van der Waals surface area contributed by atoms with Crippen LogP contribution in [0.15, 0.2) is 42.5 Å². The van der Waals surface area contributed by atoms with E-state index in [1.165, 1.54) is 24.3 Å². The first-order chi connectivity index (χ1) is 9.99. The minimum absolute atomic E-state index is 0.0470. The molecule has 1 amide bonds. The Bertz CT molecular complexity index is 661. The van der Waals surface area contributed by atoms with Crippen LogP contribution in [-0.2, 0) is 0 Å². The number of rotatable bonds is 4. The van der Waals surface area contributed by atoms with Gasteiger partial charge in [-0.05, 0) is 37.1 Å². The third-order valence-electron chi connectivity index (χ3n) is 3.12. The fourth-order valence-corrected chi connectivity index (χ4v) is 1.94. The molecule has 0 spiro atoms. The molecule has 2 rings (SSSR count). The van der Waals surface area contributed by atoms with E-state index in [9.17, 15) is 14.9 Å². The lowest BCUT2D eigenvalue weighted by molar-refractivity contribution is -0.384. The van der Waals surface area contributed by atoms with E-state index in [0.717, 1.165) is 16.8 Å². The van der Waals surface area contributed by atoms with Gasteiger partial charge in [0, 0.05) is 17.7 Å². The van der Waals surface area contributed by atoms with E-state index in [4.69, 9.17) is 0 Å². The lowest BCUT2D eigenvalue weighted by Gasteiger charge is -2.13. The van der Waals surface area contributed by atoms with E-state index < -0.39 is 4.92 Å². The zero-order valence-electron chi connectivity index (χ0n) is 11.7. The van der Waals surface area contributed by atoms with Crippen molar-refractivity contribution >= 4 is 17.3 Å². The van der Waals surface area contributed by atoms with Crippen LogP contribution in [-0.4, -0.2) is 10.8 Å². The van der Waals surface area contributed by atoms with Crippen LogP contribution < -0.4 is 10.9 Å². The molecule has 0 aliphatic heterocycles.